The van der Waals surface area contributed by atoms with Crippen LogP contribution in [0.1, 0.15) is 18.4 Å². The number of piperazine rings is 1. The van der Waals surface area contributed by atoms with Crippen LogP contribution in [0.4, 0.5) is 0 Å². The Hall–Kier alpha value is -2.66. The van der Waals surface area contributed by atoms with Crippen LogP contribution >= 0.6 is 11.8 Å². The molecule has 2 saturated heterocycles. The maximum absolute atomic E-state index is 12.7. The highest BCUT2D eigenvalue weighted by molar-refractivity contribution is 7.99. The van der Waals surface area contributed by atoms with Crippen LogP contribution in [0.5, 0.6) is 5.75 Å². The number of likely N-dealkylation sites (tertiary alicyclic amines) is 1. The van der Waals surface area contributed by atoms with Crippen LogP contribution in [-0.2, 0) is 16.1 Å². The van der Waals surface area contributed by atoms with Gasteiger partial charge in [0.1, 0.15) is 5.75 Å². The Morgan fingerprint density at radius 3 is 2.34 bits per heavy atom. The molecule has 10 nitrogen and oxygen atoms in total. The summed E-state index contributed by atoms with van der Waals surface area (Å²) < 4.78 is 6.88. The lowest BCUT2D eigenvalue weighted by Crippen LogP contribution is -2.51. The monoisotopic (exact) mass is 459 g/mol. The number of carbonyl (C=O) groups excluding carboxylic acids is 2. The number of hydrogen-bond acceptors (Lipinski definition) is 8. The van der Waals surface area contributed by atoms with Gasteiger partial charge in [-0.05, 0) is 41.0 Å². The molecular weight excluding hydrogens is 430 g/mol. The Morgan fingerprint density at radius 2 is 1.66 bits per heavy atom. The zero-order chi connectivity index (χ0) is 22.3. The molecule has 0 radical (unpaired) electrons. The molecule has 0 atom stereocenters. The van der Waals surface area contributed by atoms with E-state index in [1.54, 1.807) is 11.8 Å². The summed E-state index contributed by atoms with van der Waals surface area (Å²) in [7, 11) is 1.64. The van der Waals surface area contributed by atoms with Gasteiger partial charge in [0.15, 0.2) is 0 Å². The fourth-order valence-electron chi connectivity index (χ4n) is 3.93. The normalized spacial score (nSPS) is 17.0. The third-order valence-corrected chi connectivity index (χ3v) is 6.80. The lowest BCUT2D eigenvalue weighted by molar-refractivity contribution is -0.133. The molecule has 2 aliphatic rings. The van der Waals surface area contributed by atoms with Crippen molar-refractivity contribution in [3.05, 3.63) is 29.8 Å². The van der Waals surface area contributed by atoms with E-state index in [1.807, 2.05) is 34.1 Å². The first kappa shape index (κ1) is 22.5. The van der Waals surface area contributed by atoms with Gasteiger partial charge in [0.2, 0.25) is 17.0 Å². The molecule has 2 aromatic rings. The minimum absolute atomic E-state index is 0.0690. The number of benzene rings is 1. The molecule has 172 valence electrons. The van der Waals surface area contributed by atoms with Crippen LogP contribution in [0, 0.1) is 0 Å². The average molecular weight is 460 g/mol. The van der Waals surface area contributed by atoms with Crippen LogP contribution in [0.15, 0.2) is 29.4 Å². The van der Waals surface area contributed by atoms with Gasteiger partial charge < -0.3 is 14.5 Å². The first-order chi connectivity index (χ1) is 15.6. The molecule has 3 heterocycles. The molecule has 0 spiro atoms. The highest BCUT2D eigenvalue weighted by Crippen LogP contribution is 2.18. The van der Waals surface area contributed by atoms with Crippen LogP contribution in [0.25, 0.3) is 0 Å². The third-order valence-electron chi connectivity index (χ3n) is 5.86. The fourth-order valence-corrected chi connectivity index (χ4v) is 4.71. The molecule has 2 fully saturated rings. The average Bonchev–Trinajstić information content (AvgIpc) is 3.51. The van der Waals surface area contributed by atoms with Crippen LogP contribution in [0.3, 0.4) is 0 Å². The lowest BCUT2D eigenvalue weighted by Gasteiger charge is -2.35. The second kappa shape index (κ2) is 10.8. The number of ether oxygens (including phenoxy) is 1. The minimum Gasteiger partial charge on any atom is -0.497 e. The number of carbonyl (C=O) groups is 2. The molecule has 0 bridgehead atoms. The quantitative estimate of drug-likeness (QED) is 0.529. The van der Waals surface area contributed by atoms with Gasteiger partial charge in [-0.2, -0.15) is 0 Å². The van der Waals surface area contributed by atoms with Gasteiger partial charge in [-0.3, -0.25) is 14.5 Å². The molecular formula is C21H29N7O3S. The Kier molecular flexibility index (Phi) is 7.59. The molecule has 4 rings (SSSR count). The molecule has 1 aromatic carbocycles. The summed E-state index contributed by atoms with van der Waals surface area (Å²) in [6.07, 6.45) is 2.21. The van der Waals surface area contributed by atoms with Crippen molar-refractivity contribution in [1.29, 1.82) is 0 Å². The predicted molar refractivity (Wildman–Crippen MR) is 119 cm³/mol. The lowest BCUT2D eigenvalue weighted by atomic mass is 10.2. The van der Waals surface area contributed by atoms with Crippen molar-refractivity contribution in [3.8, 4) is 5.75 Å². The summed E-state index contributed by atoms with van der Waals surface area (Å²) in [4.78, 5) is 31.0. The van der Waals surface area contributed by atoms with Gasteiger partial charge in [-0.15, -0.1) is 5.10 Å². The predicted octanol–water partition coefficient (Wildman–Crippen LogP) is 0.589. The largest absolute Gasteiger partial charge is 0.497 e. The first-order valence-corrected chi connectivity index (χ1v) is 11.9. The van der Waals surface area contributed by atoms with Gasteiger partial charge in [0.05, 0.1) is 26.0 Å². The van der Waals surface area contributed by atoms with E-state index in [1.165, 1.54) is 11.8 Å². The van der Waals surface area contributed by atoms with E-state index in [0.29, 0.717) is 31.3 Å². The van der Waals surface area contributed by atoms with E-state index >= 15 is 0 Å². The maximum Gasteiger partial charge on any atom is 0.236 e. The van der Waals surface area contributed by atoms with Crippen LogP contribution < -0.4 is 4.74 Å². The molecule has 1 aromatic heterocycles. The number of hydrogen-bond donors (Lipinski definition) is 0. The minimum atomic E-state index is 0.0690. The summed E-state index contributed by atoms with van der Waals surface area (Å²) in [6.45, 7) is 5.48. The zero-order valence-electron chi connectivity index (χ0n) is 18.4. The van der Waals surface area contributed by atoms with Crippen molar-refractivity contribution in [3.63, 3.8) is 0 Å². The number of thioether (sulfide) groups is 1. The molecule has 0 unspecified atom stereocenters. The maximum atomic E-state index is 12.7. The smallest absolute Gasteiger partial charge is 0.236 e. The molecule has 2 amide bonds. The summed E-state index contributed by atoms with van der Waals surface area (Å²) in [6, 6.07) is 7.73. The Bertz CT molecular complexity index is 906. The van der Waals surface area contributed by atoms with E-state index in [9.17, 15) is 9.59 Å². The summed E-state index contributed by atoms with van der Waals surface area (Å²) >= 11 is 1.35. The summed E-state index contributed by atoms with van der Waals surface area (Å²) in [5.41, 5.74) is 1.05. The number of amides is 2. The van der Waals surface area contributed by atoms with E-state index in [4.69, 9.17) is 4.74 Å². The SMILES string of the molecule is COc1ccc(Cn2nnnc2SCC(=O)N2CCN(CC(=O)N3CCCC3)CC2)cc1. The van der Waals surface area contributed by atoms with E-state index in [0.717, 1.165) is 50.3 Å². The van der Waals surface area contributed by atoms with E-state index < -0.39 is 0 Å². The van der Waals surface area contributed by atoms with Gasteiger partial charge in [0, 0.05) is 39.3 Å². The molecule has 32 heavy (non-hydrogen) atoms. The number of tetrazole rings is 1. The first-order valence-electron chi connectivity index (χ1n) is 10.9. The third kappa shape index (κ3) is 5.77. The van der Waals surface area contributed by atoms with Crippen LogP contribution in [0.2, 0.25) is 0 Å². The van der Waals surface area contributed by atoms with Crippen LogP contribution in [-0.4, -0.2) is 105 Å². The van der Waals surface area contributed by atoms with Crippen molar-refractivity contribution >= 4 is 23.6 Å². The molecule has 11 heteroatoms. The number of rotatable bonds is 8. The highest BCUT2D eigenvalue weighted by Gasteiger charge is 2.25. The standard InChI is InChI=1S/C21H29N7O3S/c1-31-18-6-4-17(5-7-18)14-28-21(22-23-24-28)32-16-20(30)27-12-10-25(11-13-27)15-19(29)26-8-2-3-9-26/h4-7H,2-3,8-16H2,1H3. The van der Waals surface area contributed by atoms with Crippen molar-refractivity contribution in [1.82, 2.24) is 34.9 Å². The second-order valence-electron chi connectivity index (χ2n) is 8.00. The second-order valence-corrected chi connectivity index (χ2v) is 8.94. The zero-order valence-corrected chi connectivity index (χ0v) is 19.2. The van der Waals surface area contributed by atoms with Crippen molar-refractivity contribution in [2.75, 3.05) is 58.7 Å². The molecule has 0 saturated carbocycles. The molecule has 0 N–H and O–H groups in total. The van der Waals surface area contributed by atoms with Gasteiger partial charge >= 0.3 is 0 Å². The van der Waals surface area contributed by atoms with Gasteiger partial charge in [0.25, 0.3) is 0 Å². The van der Waals surface area contributed by atoms with Crippen molar-refractivity contribution in [2.24, 2.45) is 0 Å². The molecule has 2 aliphatic heterocycles. The molecule has 0 aliphatic carbocycles. The van der Waals surface area contributed by atoms with E-state index in [2.05, 4.69) is 20.4 Å². The topological polar surface area (TPSA) is 96.7 Å². The Balaban J connectivity index is 1.21. The number of aromatic nitrogens is 4. The highest BCUT2D eigenvalue weighted by atomic mass is 32.2. The van der Waals surface area contributed by atoms with Crippen molar-refractivity contribution < 1.29 is 14.3 Å². The van der Waals surface area contributed by atoms with Gasteiger partial charge in [-0.25, -0.2) is 4.68 Å². The number of nitrogens with zero attached hydrogens (tertiary/aromatic N) is 7. The summed E-state index contributed by atoms with van der Waals surface area (Å²) in [5.74, 6) is 1.36. The van der Waals surface area contributed by atoms with E-state index in [-0.39, 0.29) is 17.6 Å². The van der Waals surface area contributed by atoms with Gasteiger partial charge in [-0.1, -0.05) is 23.9 Å². The Labute approximate surface area is 191 Å². The Morgan fingerprint density at radius 1 is 0.969 bits per heavy atom. The fraction of sp³-hybridized carbons (Fsp3) is 0.571. The summed E-state index contributed by atoms with van der Waals surface area (Å²) in [5, 5.41) is 12.5. The van der Waals surface area contributed by atoms with Crippen molar-refractivity contribution in [2.45, 2.75) is 24.5 Å². The number of methoxy groups -OCH3 is 1.